The number of benzene rings is 1. The number of nitriles is 1. The molecule has 2 heterocycles. The number of pyridine rings is 1. The number of nitrogens with one attached hydrogen (secondary N) is 1. The van der Waals surface area contributed by atoms with Crippen molar-refractivity contribution in [2.75, 3.05) is 6.54 Å². The summed E-state index contributed by atoms with van der Waals surface area (Å²) < 4.78 is 41.3. The average Bonchev–Trinajstić information content (AvgIpc) is 3.77. The summed E-state index contributed by atoms with van der Waals surface area (Å²) in [6.45, 7) is 3.94. The highest BCUT2D eigenvalue weighted by molar-refractivity contribution is 8.00. The Kier molecular flexibility index (Phi) is 6.26. The van der Waals surface area contributed by atoms with Gasteiger partial charge in [0, 0.05) is 28.6 Å². The molecule has 194 valence electrons. The zero-order valence-corrected chi connectivity index (χ0v) is 21.4. The Morgan fingerprint density at radius 3 is 2.41 bits per heavy atom. The molecule has 0 unspecified atom stereocenters. The molecule has 1 aromatic carbocycles. The number of aryl methyl sites for hydroxylation is 2. The Balaban J connectivity index is 1.36. The summed E-state index contributed by atoms with van der Waals surface area (Å²) in [6, 6.07) is 11.0. The number of aromatic nitrogens is 1. The molecular weight excluding hydrogens is 501 g/mol. The Hall–Kier alpha value is -3.06. The lowest BCUT2D eigenvalue weighted by molar-refractivity contribution is -0.199. The maximum atomic E-state index is 13.8. The number of alkyl halides is 3. The van der Waals surface area contributed by atoms with Gasteiger partial charge in [0.05, 0.1) is 6.07 Å². The van der Waals surface area contributed by atoms with E-state index in [9.17, 15) is 28.0 Å². The van der Waals surface area contributed by atoms with Crippen molar-refractivity contribution in [1.29, 1.82) is 5.26 Å². The molecule has 1 aliphatic heterocycles. The van der Waals surface area contributed by atoms with Crippen LogP contribution in [0, 0.1) is 30.6 Å². The summed E-state index contributed by atoms with van der Waals surface area (Å²) in [6.07, 6.45) is -2.18. The van der Waals surface area contributed by atoms with Crippen LogP contribution in [0.3, 0.4) is 0 Å². The molecule has 0 bridgehead atoms. The molecule has 6 nitrogen and oxygen atoms in total. The molecule has 2 aliphatic carbocycles. The first-order valence-corrected chi connectivity index (χ1v) is 13.2. The fourth-order valence-electron chi connectivity index (χ4n) is 4.95. The van der Waals surface area contributed by atoms with Crippen LogP contribution in [0.1, 0.15) is 43.4 Å². The van der Waals surface area contributed by atoms with Crippen molar-refractivity contribution < 1.29 is 22.8 Å². The van der Waals surface area contributed by atoms with Gasteiger partial charge in [0.25, 0.3) is 0 Å². The first-order valence-electron chi connectivity index (χ1n) is 12.3. The molecule has 0 radical (unpaired) electrons. The van der Waals surface area contributed by atoms with E-state index in [1.54, 1.807) is 6.20 Å². The van der Waals surface area contributed by atoms with Crippen LogP contribution in [-0.2, 0) is 9.59 Å². The second-order valence-corrected chi connectivity index (χ2v) is 11.7. The number of halogens is 3. The van der Waals surface area contributed by atoms with Crippen LogP contribution in [0.4, 0.5) is 13.2 Å². The zero-order chi connectivity index (χ0) is 26.6. The smallest absolute Gasteiger partial charge is 0.336 e. The minimum Gasteiger partial charge on any atom is -0.336 e. The molecule has 5 rings (SSSR count). The first kappa shape index (κ1) is 25.6. The summed E-state index contributed by atoms with van der Waals surface area (Å²) >= 11 is 1.47. The van der Waals surface area contributed by atoms with Gasteiger partial charge in [-0.3, -0.25) is 14.6 Å². The number of hydrogen-bond donors (Lipinski definition) is 1. The van der Waals surface area contributed by atoms with Crippen LogP contribution in [0.25, 0.3) is 11.1 Å². The standard InChI is InChI=1S/C27H27F3N4O2S/c1-16-11-18(19-5-10-32-17(2)12-19)3-4-22(16)37-20-13-21(23(35)33-25(15-31)6-7-25)34(14-20)24(36)26(8-9-26)27(28,29)30/h3-5,10-12,20-21H,6-9,13-14H2,1-2H3,(H,33,35)/t20-,21+/m1/s1. The van der Waals surface area contributed by atoms with E-state index in [1.807, 2.05) is 44.2 Å². The molecule has 3 fully saturated rings. The van der Waals surface area contributed by atoms with E-state index in [2.05, 4.69) is 16.4 Å². The molecule has 1 saturated heterocycles. The summed E-state index contributed by atoms with van der Waals surface area (Å²) in [7, 11) is 0. The molecule has 2 saturated carbocycles. The minimum absolute atomic E-state index is 0.0453. The monoisotopic (exact) mass is 528 g/mol. The van der Waals surface area contributed by atoms with Gasteiger partial charge in [-0.15, -0.1) is 11.8 Å². The second kappa shape index (κ2) is 9.05. The van der Waals surface area contributed by atoms with Crippen LogP contribution in [0.15, 0.2) is 41.4 Å². The number of amides is 2. The van der Waals surface area contributed by atoms with E-state index in [1.165, 1.54) is 11.8 Å². The van der Waals surface area contributed by atoms with Gasteiger partial charge in [-0.2, -0.15) is 18.4 Å². The van der Waals surface area contributed by atoms with Crippen LogP contribution in [0.2, 0.25) is 0 Å². The summed E-state index contributed by atoms with van der Waals surface area (Å²) in [5, 5.41) is 11.8. The third-order valence-corrected chi connectivity index (χ3v) is 8.94. The van der Waals surface area contributed by atoms with Crippen LogP contribution in [0.5, 0.6) is 0 Å². The largest absolute Gasteiger partial charge is 0.403 e. The summed E-state index contributed by atoms with van der Waals surface area (Å²) in [5.41, 5.74) is 0.617. The first-order chi connectivity index (χ1) is 17.5. The maximum absolute atomic E-state index is 13.8. The van der Waals surface area contributed by atoms with Crippen molar-refractivity contribution in [1.82, 2.24) is 15.2 Å². The number of carbonyl (C=O) groups excluding carboxylic acids is 2. The lowest BCUT2D eigenvalue weighted by atomic mass is 10.0. The van der Waals surface area contributed by atoms with Gasteiger partial charge < -0.3 is 10.2 Å². The molecule has 2 atom stereocenters. The molecule has 37 heavy (non-hydrogen) atoms. The molecule has 2 aromatic rings. The van der Waals surface area contributed by atoms with Gasteiger partial charge in [0.15, 0.2) is 0 Å². The molecule has 0 spiro atoms. The Morgan fingerprint density at radius 1 is 1.14 bits per heavy atom. The molecule has 10 heteroatoms. The maximum Gasteiger partial charge on any atom is 0.403 e. The number of likely N-dealkylation sites (tertiary alicyclic amines) is 1. The van der Waals surface area contributed by atoms with Gasteiger partial charge in [0.2, 0.25) is 11.8 Å². The SMILES string of the molecule is Cc1cc(-c2ccc(S[C@@H]3C[C@@H](C(=O)NC4(C#N)CC4)N(C(=O)C4(C(F)(F)F)CC4)C3)c(C)c2)ccn1. The second-order valence-electron chi connectivity index (χ2n) is 10.4. The van der Waals surface area contributed by atoms with Gasteiger partial charge >= 0.3 is 6.18 Å². The zero-order valence-electron chi connectivity index (χ0n) is 20.6. The lowest BCUT2D eigenvalue weighted by Gasteiger charge is -2.29. The van der Waals surface area contributed by atoms with Gasteiger partial charge in [-0.25, -0.2) is 0 Å². The fraction of sp³-hybridized carbons (Fsp3) is 0.481. The highest BCUT2D eigenvalue weighted by Crippen LogP contribution is 2.59. The number of hydrogen-bond acceptors (Lipinski definition) is 5. The normalized spacial score (nSPS) is 23.3. The van der Waals surface area contributed by atoms with E-state index in [0.29, 0.717) is 12.8 Å². The predicted octanol–water partition coefficient (Wildman–Crippen LogP) is 4.94. The van der Waals surface area contributed by atoms with Gasteiger partial charge in [-0.1, -0.05) is 12.1 Å². The Morgan fingerprint density at radius 2 is 1.84 bits per heavy atom. The quantitative estimate of drug-likeness (QED) is 0.574. The molecular formula is C27H27F3N4O2S. The van der Waals surface area contributed by atoms with Crippen LogP contribution < -0.4 is 5.32 Å². The molecule has 1 N–H and O–H groups in total. The van der Waals surface area contributed by atoms with Crippen molar-refractivity contribution in [3.8, 4) is 17.2 Å². The lowest BCUT2D eigenvalue weighted by Crippen LogP contribution is -2.53. The Bertz CT molecular complexity index is 1300. The van der Waals surface area contributed by atoms with E-state index in [0.717, 1.165) is 32.2 Å². The highest BCUT2D eigenvalue weighted by Gasteiger charge is 2.70. The summed E-state index contributed by atoms with van der Waals surface area (Å²) in [5.74, 6) is -1.57. The minimum atomic E-state index is -4.65. The third kappa shape index (κ3) is 4.81. The molecule has 3 aliphatic rings. The van der Waals surface area contributed by atoms with Crippen molar-refractivity contribution >= 4 is 23.6 Å². The predicted molar refractivity (Wildman–Crippen MR) is 132 cm³/mol. The molecule has 1 aromatic heterocycles. The van der Waals surface area contributed by atoms with Gasteiger partial charge in [0.1, 0.15) is 17.0 Å². The number of rotatable bonds is 6. The number of carbonyl (C=O) groups is 2. The molecule has 2 amide bonds. The van der Waals surface area contributed by atoms with Crippen LogP contribution >= 0.6 is 11.8 Å². The van der Waals surface area contributed by atoms with E-state index < -0.39 is 35.0 Å². The highest BCUT2D eigenvalue weighted by atomic mass is 32.2. The van der Waals surface area contributed by atoms with Crippen molar-refractivity contribution in [3.63, 3.8) is 0 Å². The van der Waals surface area contributed by atoms with Gasteiger partial charge in [-0.05, 0) is 80.8 Å². The Labute approximate surface area is 217 Å². The van der Waals surface area contributed by atoms with Crippen LogP contribution in [-0.4, -0.2) is 51.3 Å². The van der Waals surface area contributed by atoms with E-state index in [4.69, 9.17) is 0 Å². The summed E-state index contributed by atoms with van der Waals surface area (Å²) in [4.78, 5) is 32.6. The fourth-order valence-corrected chi connectivity index (χ4v) is 6.21. The van der Waals surface area contributed by atoms with Crippen molar-refractivity contribution in [2.24, 2.45) is 5.41 Å². The van der Waals surface area contributed by atoms with Crippen molar-refractivity contribution in [2.45, 2.75) is 73.9 Å². The number of nitrogens with zero attached hydrogens (tertiary/aromatic N) is 3. The van der Waals surface area contributed by atoms with E-state index >= 15 is 0 Å². The van der Waals surface area contributed by atoms with E-state index in [-0.39, 0.29) is 31.1 Å². The number of thioether (sulfide) groups is 1. The van der Waals surface area contributed by atoms with Crippen molar-refractivity contribution in [3.05, 3.63) is 47.8 Å². The topological polar surface area (TPSA) is 86.1 Å². The third-order valence-electron chi connectivity index (χ3n) is 7.55. The average molecular weight is 529 g/mol.